The van der Waals surface area contributed by atoms with Gasteiger partial charge in [-0.2, -0.15) is 0 Å². The number of thioether (sulfide) groups is 1. The summed E-state index contributed by atoms with van der Waals surface area (Å²) in [6, 6.07) is 21.9. The standard InChI is InChI=1S/C26H24ClN3O2S/c1-32-19-9-11-22-21(15-19)25(20-10-8-18(27)14-23(20)29-22)28-12-5-13-30-24(31)16-33-26(30)17-6-3-2-4-7-17/h2-4,6-11,14-15,26H,5,12-13,16H2,1H3,(H,28,29). The number of methoxy groups -OCH3 is 1. The van der Waals surface area contributed by atoms with Gasteiger partial charge in [-0.3, -0.25) is 4.79 Å². The Morgan fingerprint density at radius 1 is 1.09 bits per heavy atom. The van der Waals surface area contributed by atoms with Crippen LogP contribution in [0.25, 0.3) is 21.8 Å². The number of carbonyl (C=O) groups is 1. The molecule has 168 valence electrons. The Labute approximate surface area is 202 Å². The first-order chi connectivity index (χ1) is 16.1. The number of nitrogens with zero attached hydrogens (tertiary/aromatic N) is 2. The van der Waals surface area contributed by atoms with E-state index >= 15 is 0 Å². The maximum Gasteiger partial charge on any atom is 0.233 e. The van der Waals surface area contributed by atoms with Gasteiger partial charge in [-0.1, -0.05) is 41.9 Å². The van der Waals surface area contributed by atoms with Gasteiger partial charge in [0.25, 0.3) is 0 Å². The highest BCUT2D eigenvalue weighted by Gasteiger charge is 2.32. The van der Waals surface area contributed by atoms with Crippen molar-refractivity contribution in [3.05, 3.63) is 77.3 Å². The molecule has 0 spiro atoms. The normalized spacial score (nSPS) is 16.0. The van der Waals surface area contributed by atoms with E-state index in [0.717, 1.165) is 46.2 Å². The van der Waals surface area contributed by atoms with Crippen LogP contribution in [0.1, 0.15) is 17.4 Å². The lowest BCUT2D eigenvalue weighted by Crippen LogP contribution is -2.30. The lowest BCUT2D eigenvalue weighted by Gasteiger charge is -2.24. The minimum Gasteiger partial charge on any atom is -0.497 e. The van der Waals surface area contributed by atoms with Gasteiger partial charge in [0.1, 0.15) is 11.1 Å². The number of fused-ring (bicyclic) bond motifs is 2. The fourth-order valence-electron chi connectivity index (χ4n) is 4.27. The van der Waals surface area contributed by atoms with Crippen LogP contribution in [0.5, 0.6) is 5.75 Å². The summed E-state index contributed by atoms with van der Waals surface area (Å²) in [7, 11) is 1.66. The Morgan fingerprint density at radius 2 is 1.94 bits per heavy atom. The summed E-state index contributed by atoms with van der Waals surface area (Å²) in [6.07, 6.45) is 0.832. The Balaban J connectivity index is 1.37. The Kier molecular flexibility index (Phi) is 6.29. The van der Waals surface area contributed by atoms with E-state index in [0.29, 0.717) is 17.3 Å². The molecule has 33 heavy (non-hydrogen) atoms. The smallest absolute Gasteiger partial charge is 0.233 e. The number of anilines is 1. The van der Waals surface area contributed by atoms with E-state index in [-0.39, 0.29) is 11.3 Å². The van der Waals surface area contributed by atoms with Gasteiger partial charge in [0.15, 0.2) is 0 Å². The van der Waals surface area contributed by atoms with E-state index in [9.17, 15) is 4.79 Å². The van der Waals surface area contributed by atoms with Crippen LogP contribution in [0.2, 0.25) is 5.02 Å². The number of nitrogens with one attached hydrogen (secondary N) is 1. The summed E-state index contributed by atoms with van der Waals surface area (Å²) in [4.78, 5) is 19.3. The van der Waals surface area contributed by atoms with E-state index in [1.807, 2.05) is 59.5 Å². The summed E-state index contributed by atoms with van der Waals surface area (Å²) in [5.74, 6) is 1.52. The minimum atomic E-state index is 0.0905. The van der Waals surface area contributed by atoms with Gasteiger partial charge in [-0.25, -0.2) is 4.98 Å². The second-order valence-corrected chi connectivity index (χ2v) is 9.48. The molecule has 1 aromatic heterocycles. The second-order valence-electron chi connectivity index (χ2n) is 7.97. The molecule has 0 bridgehead atoms. The predicted molar refractivity (Wildman–Crippen MR) is 137 cm³/mol. The van der Waals surface area contributed by atoms with Crippen molar-refractivity contribution >= 4 is 56.8 Å². The molecule has 1 amide bonds. The van der Waals surface area contributed by atoms with Gasteiger partial charge in [-0.15, -0.1) is 11.8 Å². The van der Waals surface area contributed by atoms with Gasteiger partial charge in [-0.05, 0) is 48.4 Å². The van der Waals surface area contributed by atoms with Crippen molar-refractivity contribution in [3.63, 3.8) is 0 Å². The number of aromatic nitrogens is 1. The van der Waals surface area contributed by atoms with E-state index in [4.69, 9.17) is 21.3 Å². The summed E-state index contributed by atoms with van der Waals surface area (Å²) in [5, 5.41) is 6.37. The summed E-state index contributed by atoms with van der Waals surface area (Å²) in [6.45, 7) is 1.43. The molecule has 0 saturated carbocycles. The molecule has 1 aliphatic heterocycles. The van der Waals surface area contributed by atoms with Crippen molar-refractivity contribution in [2.75, 3.05) is 31.3 Å². The first-order valence-corrected chi connectivity index (χ1v) is 12.3. The number of hydrogen-bond donors (Lipinski definition) is 1. The lowest BCUT2D eigenvalue weighted by atomic mass is 10.1. The summed E-state index contributed by atoms with van der Waals surface area (Å²) < 4.78 is 5.44. The largest absolute Gasteiger partial charge is 0.497 e. The average Bonchev–Trinajstić information content (AvgIpc) is 3.21. The van der Waals surface area contributed by atoms with E-state index in [1.165, 1.54) is 5.56 Å². The van der Waals surface area contributed by atoms with Crippen LogP contribution in [0.15, 0.2) is 66.7 Å². The molecule has 1 fully saturated rings. The highest BCUT2D eigenvalue weighted by Crippen LogP contribution is 2.38. The molecular weight excluding hydrogens is 454 g/mol. The number of rotatable bonds is 7. The van der Waals surface area contributed by atoms with Crippen LogP contribution < -0.4 is 10.1 Å². The zero-order valence-electron chi connectivity index (χ0n) is 18.3. The van der Waals surface area contributed by atoms with Crippen LogP contribution in [0, 0.1) is 0 Å². The Morgan fingerprint density at radius 3 is 2.76 bits per heavy atom. The third-order valence-electron chi connectivity index (χ3n) is 5.87. The zero-order chi connectivity index (χ0) is 22.8. The maximum atomic E-state index is 12.5. The molecule has 1 unspecified atom stereocenters. The SMILES string of the molecule is COc1ccc2nc3cc(Cl)ccc3c(NCCCN3C(=O)CSC3c3ccccc3)c2c1. The van der Waals surface area contributed by atoms with Crippen molar-refractivity contribution < 1.29 is 9.53 Å². The van der Waals surface area contributed by atoms with Gasteiger partial charge >= 0.3 is 0 Å². The molecule has 5 nitrogen and oxygen atoms in total. The van der Waals surface area contributed by atoms with Gasteiger partial charge in [0.2, 0.25) is 5.91 Å². The molecule has 1 aliphatic rings. The fraction of sp³-hybridized carbons (Fsp3) is 0.231. The van der Waals surface area contributed by atoms with Gasteiger partial charge in [0, 0.05) is 28.9 Å². The topological polar surface area (TPSA) is 54.5 Å². The molecule has 0 aliphatic carbocycles. The third kappa shape index (κ3) is 4.45. The molecule has 0 radical (unpaired) electrons. The fourth-order valence-corrected chi connectivity index (χ4v) is 5.65. The molecule has 5 rings (SSSR count). The third-order valence-corrected chi connectivity index (χ3v) is 7.36. The highest BCUT2D eigenvalue weighted by atomic mass is 35.5. The van der Waals surface area contributed by atoms with E-state index in [2.05, 4.69) is 17.4 Å². The first kappa shape index (κ1) is 21.9. The second kappa shape index (κ2) is 9.49. The molecule has 2 heterocycles. The number of pyridine rings is 1. The lowest BCUT2D eigenvalue weighted by molar-refractivity contribution is -0.128. The monoisotopic (exact) mass is 477 g/mol. The number of amides is 1. The average molecular weight is 478 g/mol. The van der Waals surface area contributed by atoms with Crippen molar-refractivity contribution in [3.8, 4) is 5.75 Å². The quantitative estimate of drug-likeness (QED) is 0.256. The number of benzene rings is 3. The van der Waals surface area contributed by atoms with Gasteiger partial charge < -0.3 is 15.0 Å². The van der Waals surface area contributed by atoms with Crippen molar-refractivity contribution in [2.24, 2.45) is 0 Å². The van der Waals surface area contributed by atoms with Crippen molar-refractivity contribution in [2.45, 2.75) is 11.8 Å². The number of hydrogen-bond acceptors (Lipinski definition) is 5. The first-order valence-electron chi connectivity index (χ1n) is 10.9. The Bertz CT molecular complexity index is 1320. The van der Waals surface area contributed by atoms with Crippen molar-refractivity contribution in [1.29, 1.82) is 0 Å². The van der Waals surface area contributed by atoms with E-state index in [1.54, 1.807) is 18.9 Å². The van der Waals surface area contributed by atoms with Gasteiger partial charge in [0.05, 0.1) is 29.6 Å². The van der Waals surface area contributed by atoms with E-state index < -0.39 is 0 Å². The molecular formula is C26H24ClN3O2S. The molecule has 4 aromatic rings. The van der Waals surface area contributed by atoms with Crippen LogP contribution in [0.3, 0.4) is 0 Å². The van der Waals surface area contributed by atoms with Crippen LogP contribution in [-0.2, 0) is 4.79 Å². The van der Waals surface area contributed by atoms with Crippen LogP contribution >= 0.6 is 23.4 Å². The number of ether oxygens (including phenoxy) is 1. The summed E-state index contributed by atoms with van der Waals surface area (Å²) >= 11 is 7.92. The summed E-state index contributed by atoms with van der Waals surface area (Å²) in [5.41, 5.74) is 3.91. The molecule has 1 N–H and O–H groups in total. The number of carbonyl (C=O) groups excluding carboxylic acids is 1. The molecule has 1 saturated heterocycles. The van der Waals surface area contributed by atoms with Crippen LogP contribution in [-0.4, -0.2) is 41.7 Å². The maximum absolute atomic E-state index is 12.5. The minimum absolute atomic E-state index is 0.0905. The zero-order valence-corrected chi connectivity index (χ0v) is 19.8. The van der Waals surface area contributed by atoms with Crippen LogP contribution in [0.4, 0.5) is 5.69 Å². The van der Waals surface area contributed by atoms with Crippen molar-refractivity contribution in [1.82, 2.24) is 9.88 Å². The predicted octanol–water partition coefficient (Wildman–Crippen LogP) is 6.13. The molecule has 1 atom stereocenters. The number of halogens is 1. The molecule has 7 heteroatoms. The molecule has 3 aromatic carbocycles. The highest BCUT2D eigenvalue weighted by molar-refractivity contribution is 8.00. The Hall–Kier alpha value is -2.96.